The third-order valence-electron chi connectivity index (χ3n) is 2.69. The highest BCUT2D eigenvalue weighted by atomic mass is 79.9. The molecule has 1 aliphatic rings. The fourth-order valence-corrected chi connectivity index (χ4v) is 1.94. The molecular weight excluding hydrogens is 226 g/mol. The van der Waals surface area contributed by atoms with Crippen molar-refractivity contribution in [1.29, 1.82) is 0 Å². The maximum absolute atomic E-state index is 6.02. The van der Waals surface area contributed by atoms with Gasteiger partial charge in [-0.2, -0.15) is 0 Å². The van der Waals surface area contributed by atoms with Crippen molar-refractivity contribution in [1.82, 2.24) is 0 Å². The average molecular weight is 240 g/mol. The third-order valence-corrected chi connectivity index (χ3v) is 3.19. The first-order valence-corrected chi connectivity index (χ1v) is 5.51. The van der Waals surface area contributed by atoms with Gasteiger partial charge in [0.05, 0.1) is 0 Å². The number of halogens is 1. The number of hydrogen-bond acceptors (Lipinski definition) is 1. The van der Waals surface area contributed by atoms with Crippen molar-refractivity contribution in [2.24, 2.45) is 5.73 Å². The number of rotatable bonds is 3. The lowest BCUT2D eigenvalue weighted by molar-refractivity contribution is 0.609. The fraction of sp³-hybridized carbons (Fsp3) is 0.455. The van der Waals surface area contributed by atoms with Crippen LogP contribution < -0.4 is 5.73 Å². The fourth-order valence-electron chi connectivity index (χ4n) is 1.50. The van der Waals surface area contributed by atoms with Gasteiger partial charge in [0.1, 0.15) is 0 Å². The second-order valence-electron chi connectivity index (χ2n) is 3.99. The lowest BCUT2D eigenvalue weighted by atomic mass is 10.0. The van der Waals surface area contributed by atoms with Crippen molar-refractivity contribution in [3.05, 3.63) is 34.3 Å². The predicted octanol–water partition coefficient (Wildman–Crippen LogP) is 2.87. The zero-order valence-electron chi connectivity index (χ0n) is 7.59. The van der Waals surface area contributed by atoms with Gasteiger partial charge in [0.2, 0.25) is 0 Å². The number of hydrogen-bond donors (Lipinski definition) is 1. The van der Waals surface area contributed by atoms with Crippen LogP contribution in [-0.2, 0) is 6.42 Å². The lowest BCUT2D eigenvalue weighted by Gasteiger charge is -2.07. The molecule has 2 rings (SSSR count). The quantitative estimate of drug-likeness (QED) is 0.863. The van der Waals surface area contributed by atoms with Crippen LogP contribution >= 0.6 is 15.9 Å². The molecular formula is C11H14BrN. The molecule has 1 nitrogen and oxygen atoms in total. The third kappa shape index (κ3) is 2.55. The molecule has 0 unspecified atom stereocenters. The molecule has 0 amide bonds. The minimum absolute atomic E-state index is 0.183. The van der Waals surface area contributed by atoms with Crippen molar-refractivity contribution < 1.29 is 0 Å². The maximum atomic E-state index is 6.02. The normalized spacial score (nSPS) is 18.6. The molecule has 2 heteroatoms. The SMILES string of the molecule is NC1(CCc2cccc(Br)c2)CC1. The van der Waals surface area contributed by atoms with E-state index in [1.54, 1.807) is 0 Å². The van der Waals surface area contributed by atoms with Gasteiger partial charge in [0.15, 0.2) is 0 Å². The highest BCUT2D eigenvalue weighted by Crippen LogP contribution is 2.36. The summed E-state index contributed by atoms with van der Waals surface area (Å²) in [6.45, 7) is 0. The molecule has 0 heterocycles. The van der Waals surface area contributed by atoms with Gasteiger partial charge < -0.3 is 5.73 Å². The Hall–Kier alpha value is -0.340. The first kappa shape index (κ1) is 9.22. The van der Waals surface area contributed by atoms with Crippen LogP contribution in [0.25, 0.3) is 0 Å². The molecule has 1 aromatic rings. The zero-order chi connectivity index (χ0) is 9.31. The molecule has 0 bridgehead atoms. The van der Waals surface area contributed by atoms with Crippen LogP contribution in [0.15, 0.2) is 28.7 Å². The molecule has 1 aliphatic carbocycles. The molecule has 0 saturated heterocycles. The second kappa shape index (κ2) is 3.43. The molecule has 0 atom stereocenters. The van der Waals surface area contributed by atoms with E-state index in [-0.39, 0.29) is 5.54 Å². The van der Waals surface area contributed by atoms with Crippen molar-refractivity contribution in [3.63, 3.8) is 0 Å². The van der Waals surface area contributed by atoms with Crippen LogP contribution in [0.5, 0.6) is 0 Å². The van der Waals surface area contributed by atoms with Crippen molar-refractivity contribution in [2.45, 2.75) is 31.2 Å². The largest absolute Gasteiger partial charge is 0.325 e. The summed E-state index contributed by atoms with van der Waals surface area (Å²) >= 11 is 3.47. The van der Waals surface area contributed by atoms with E-state index >= 15 is 0 Å². The van der Waals surface area contributed by atoms with Gasteiger partial charge in [-0.1, -0.05) is 28.1 Å². The standard InChI is InChI=1S/C11H14BrN/c12-10-3-1-2-9(8-10)4-5-11(13)6-7-11/h1-3,8H,4-7,13H2. The van der Waals surface area contributed by atoms with Gasteiger partial charge in [0.25, 0.3) is 0 Å². The molecule has 2 N–H and O–H groups in total. The molecule has 0 aliphatic heterocycles. The topological polar surface area (TPSA) is 26.0 Å². The Morgan fingerprint density at radius 1 is 1.38 bits per heavy atom. The Labute approximate surface area is 87.5 Å². The monoisotopic (exact) mass is 239 g/mol. The molecule has 0 radical (unpaired) electrons. The minimum Gasteiger partial charge on any atom is -0.325 e. The highest BCUT2D eigenvalue weighted by molar-refractivity contribution is 9.10. The number of nitrogens with two attached hydrogens (primary N) is 1. The van der Waals surface area contributed by atoms with Crippen LogP contribution in [0, 0.1) is 0 Å². The summed E-state index contributed by atoms with van der Waals surface area (Å²) in [5, 5.41) is 0. The van der Waals surface area contributed by atoms with E-state index in [0.717, 1.165) is 17.3 Å². The summed E-state index contributed by atoms with van der Waals surface area (Å²) in [5.41, 5.74) is 7.58. The Morgan fingerprint density at radius 3 is 2.77 bits per heavy atom. The summed E-state index contributed by atoms with van der Waals surface area (Å²) < 4.78 is 1.16. The maximum Gasteiger partial charge on any atom is 0.0177 e. The molecule has 0 aromatic heterocycles. The van der Waals surface area contributed by atoms with Crippen LogP contribution in [-0.4, -0.2) is 5.54 Å². The van der Waals surface area contributed by atoms with Gasteiger partial charge in [-0.15, -0.1) is 0 Å². The Balaban J connectivity index is 1.94. The average Bonchev–Trinajstić information content (AvgIpc) is 2.82. The zero-order valence-corrected chi connectivity index (χ0v) is 9.18. The minimum atomic E-state index is 0.183. The Bertz CT molecular complexity index is 305. The van der Waals surface area contributed by atoms with E-state index in [2.05, 4.69) is 40.2 Å². The summed E-state index contributed by atoms with van der Waals surface area (Å²) in [6, 6.07) is 8.47. The van der Waals surface area contributed by atoms with E-state index in [9.17, 15) is 0 Å². The van der Waals surface area contributed by atoms with Crippen molar-refractivity contribution >= 4 is 15.9 Å². The van der Waals surface area contributed by atoms with Gasteiger partial charge in [-0.05, 0) is 43.4 Å². The molecule has 70 valence electrons. The molecule has 1 aromatic carbocycles. The first-order chi connectivity index (χ1) is 6.18. The predicted molar refractivity (Wildman–Crippen MR) is 58.6 cm³/mol. The molecule has 1 saturated carbocycles. The van der Waals surface area contributed by atoms with Crippen LogP contribution in [0.3, 0.4) is 0 Å². The lowest BCUT2D eigenvalue weighted by Crippen LogP contribution is -2.22. The molecule has 1 fully saturated rings. The van der Waals surface area contributed by atoms with Gasteiger partial charge >= 0.3 is 0 Å². The van der Waals surface area contributed by atoms with E-state index in [1.807, 2.05) is 0 Å². The summed E-state index contributed by atoms with van der Waals surface area (Å²) in [6.07, 6.45) is 4.65. The highest BCUT2D eigenvalue weighted by Gasteiger charge is 2.37. The van der Waals surface area contributed by atoms with Crippen molar-refractivity contribution in [3.8, 4) is 0 Å². The van der Waals surface area contributed by atoms with Gasteiger partial charge in [-0.25, -0.2) is 0 Å². The van der Waals surface area contributed by atoms with Gasteiger partial charge in [-0.3, -0.25) is 0 Å². The van der Waals surface area contributed by atoms with E-state index in [1.165, 1.54) is 18.4 Å². The smallest absolute Gasteiger partial charge is 0.0177 e. The Morgan fingerprint density at radius 2 is 2.15 bits per heavy atom. The molecule has 0 spiro atoms. The summed E-state index contributed by atoms with van der Waals surface area (Å²) in [4.78, 5) is 0. The van der Waals surface area contributed by atoms with E-state index in [4.69, 9.17) is 5.73 Å². The van der Waals surface area contributed by atoms with Crippen LogP contribution in [0.4, 0.5) is 0 Å². The first-order valence-electron chi connectivity index (χ1n) is 4.71. The second-order valence-corrected chi connectivity index (χ2v) is 4.91. The number of aryl methyl sites for hydroxylation is 1. The van der Waals surface area contributed by atoms with Gasteiger partial charge in [0, 0.05) is 10.0 Å². The summed E-state index contributed by atoms with van der Waals surface area (Å²) in [7, 11) is 0. The number of benzene rings is 1. The summed E-state index contributed by atoms with van der Waals surface area (Å²) in [5.74, 6) is 0. The molecule has 13 heavy (non-hydrogen) atoms. The van der Waals surface area contributed by atoms with Crippen LogP contribution in [0.2, 0.25) is 0 Å². The van der Waals surface area contributed by atoms with Crippen LogP contribution in [0.1, 0.15) is 24.8 Å². The van der Waals surface area contributed by atoms with Crippen molar-refractivity contribution in [2.75, 3.05) is 0 Å². The Kier molecular flexibility index (Phi) is 2.43. The van der Waals surface area contributed by atoms with E-state index in [0.29, 0.717) is 0 Å². The van der Waals surface area contributed by atoms with E-state index < -0.39 is 0 Å².